The van der Waals surface area contributed by atoms with E-state index < -0.39 is 18.2 Å². The Bertz CT molecular complexity index is 428. The fourth-order valence-electron chi connectivity index (χ4n) is 2.40. The van der Waals surface area contributed by atoms with Crippen LogP contribution >= 0.6 is 0 Å². The molecule has 1 aliphatic carbocycles. The third-order valence-corrected chi connectivity index (χ3v) is 3.14. The first-order chi connectivity index (χ1) is 7.79. The van der Waals surface area contributed by atoms with Gasteiger partial charge in [-0.05, 0) is 30.0 Å². The molecule has 2 rings (SSSR count). The number of phenols is 1. The summed E-state index contributed by atoms with van der Waals surface area (Å²) in [6, 6.07) is 4.73. The zero-order chi connectivity index (χ0) is 12.7. The molecule has 0 bridgehead atoms. The number of halogens is 3. The number of hydrogen-bond acceptors (Lipinski definition) is 2. The molecule has 1 unspecified atom stereocenters. The van der Waals surface area contributed by atoms with E-state index >= 15 is 0 Å². The largest absolute Gasteiger partial charge is 0.508 e. The van der Waals surface area contributed by atoms with Gasteiger partial charge in [-0.2, -0.15) is 13.2 Å². The van der Waals surface area contributed by atoms with Crippen LogP contribution in [0, 0.1) is 0 Å². The molecule has 0 saturated carbocycles. The molecule has 1 aromatic rings. The summed E-state index contributed by atoms with van der Waals surface area (Å²) in [4.78, 5) is 0. The Labute approximate surface area is 96.7 Å². The smallest absolute Gasteiger partial charge is 0.391 e. The van der Waals surface area contributed by atoms with Crippen LogP contribution < -0.4 is 0 Å². The van der Waals surface area contributed by atoms with E-state index in [4.69, 9.17) is 0 Å². The first-order valence-electron chi connectivity index (χ1n) is 5.38. The molecular formula is C12H13F3O2. The number of phenolic OH excluding ortho intramolecular Hbond substituents is 1. The maximum Gasteiger partial charge on any atom is 0.391 e. The molecule has 1 atom stereocenters. The number of aliphatic hydroxyl groups is 1. The highest BCUT2D eigenvalue weighted by molar-refractivity contribution is 5.42. The molecule has 0 radical (unpaired) electrons. The summed E-state index contributed by atoms with van der Waals surface area (Å²) in [6.45, 7) is 0. The molecule has 0 amide bonds. The average molecular weight is 246 g/mol. The zero-order valence-corrected chi connectivity index (χ0v) is 9.09. The lowest BCUT2D eigenvalue weighted by Crippen LogP contribution is -2.40. The fourth-order valence-corrected chi connectivity index (χ4v) is 2.40. The minimum Gasteiger partial charge on any atom is -0.508 e. The first-order valence-corrected chi connectivity index (χ1v) is 5.38. The van der Waals surface area contributed by atoms with Crippen LogP contribution in [0.5, 0.6) is 5.75 Å². The minimum absolute atomic E-state index is 0.0249. The van der Waals surface area contributed by atoms with Gasteiger partial charge < -0.3 is 10.2 Å². The van der Waals surface area contributed by atoms with Gasteiger partial charge in [0.25, 0.3) is 0 Å². The number of rotatable bonds is 1. The van der Waals surface area contributed by atoms with Crippen molar-refractivity contribution in [2.24, 2.45) is 0 Å². The highest BCUT2D eigenvalue weighted by atomic mass is 19.4. The Morgan fingerprint density at radius 1 is 1.29 bits per heavy atom. The van der Waals surface area contributed by atoms with E-state index in [9.17, 15) is 23.4 Å². The van der Waals surface area contributed by atoms with E-state index in [-0.39, 0.29) is 25.0 Å². The Morgan fingerprint density at radius 3 is 2.65 bits per heavy atom. The summed E-state index contributed by atoms with van der Waals surface area (Å²) < 4.78 is 37.0. The van der Waals surface area contributed by atoms with Gasteiger partial charge in [-0.25, -0.2) is 0 Å². The van der Waals surface area contributed by atoms with Gasteiger partial charge in [-0.3, -0.25) is 0 Å². The van der Waals surface area contributed by atoms with Crippen LogP contribution in [0.1, 0.15) is 24.0 Å². The van der Waals surface area contributed by atoms with Crippen molar-refractivity contribution < 1.29 is 23.4 Å². The predicted molar refractivity (Wildman–Crippen MR) is 55.8 cm³/mol. The second-order valence-electron chi connectivity index (χ2n) is 4.61. The summed E-state index contributed by atoms with van der Waals surface area (Å²) >= 11 is 0. The quantitative estimate of drug-likeness (QED) is 0.799. The third-order valence-electron chi connectivity index (χ3n) is 3.14. The van der Waals surface area contributed by atoms with Crippen LogP contribution in [0.2, 0.25) is 0 Å². The third kappa shape index (κ3) is 2.72. The van der Waals surface area contributed by atoms with Crippen molar-refractivity contribution in [2.45, 2.75) is 37.5 Å². The van der Waals surface area contributed by atoms with Gasteiger partial charge in [0.2, 0.25) is 0 Å². The topological polar surface area (TPSA) is 40.5 Å². The van der Waals surface area contributed by atoms with E-state index in [0.717, 1.165) is 0 Å². The fraction of sp³-hybridized carbons (Fsp3) is 0.500. The standard InChI is InChI=1S/C12H13F3O2/c13-12(14,15)7-11(17)5-4-9-8(6-11)2-1-3-10(9)16/h1-3,16-17H,4-7H2. The lowest BCUT2D eigenvalue weighted by atomic mass is 9.78. The molecule has 0 saturated heterocycles. The molecule has 0 heterocycles. The van der Waals surface area contributed by atoms with Crippen molar-refractivity contribution in [3.05, 3.63) is 29.3 Å². The first kappa shape index (κ1) is 12.2. The Kier molecular flexibility index (Phi) is 2.81. The van der Waals surface area contributed by atoms with Gasteiger partial charge in [-0.1, -0.05) is 12.1 Å². The molecule has 0 spiro atoms. The molecule has 94 valence electrons. The monoisotopic (exact) mass is 246 g/mol. The number of aromatic hydroxyl groups is 1. The molecule has 17 heavy (non-hydrogen) atoms. The summed E-state index contributed by atoms with van der Waals surface area (Å²) in [6.07, 6.45) is -5.33. The van der Waals surface area contributed by atoms with Gasteiger partial charge in [0.15, 0.2) is 0 Å². The Morgan fingerprint density at radius 2 is 2.00 bits per heavy atom. The second kappa shape index (κ2) is 3.91. The van der Waals surface area contributed by atoms with Crippen molar-refractivity contribution >= 4 is 0 Å². The number of fused-ring (bicyclic) bond motifs is 1. The van der Waals surface area contributed by atoms with Crippen molar-refractivity contribution in [3.63, 3.8) is 0 Å². The van der Waals surface area contributed by atoms with E-state index in [0.29, 0.717) is 11.1 Å². The van der Waals surface area contributed by atoms with E-state index in [1.165, 1.54) is 6.07 Å². The summed E-state index contributed by atoms with van der Waals surface area (Å²) in [7, 11) is 0. The van der Waals surface area contributed by atoms with Crippen LogP contribution in [0.3, 0.4) is 0 Å². The normalized spacial score (nSPS) is 24.5. The molecule has 2 nitrogen and oxygen atoms in total. The lowest BCUT2D eigenvalue weighted by molar-refractivity contribution is -0.178. The van der Waals surface area contributed by atoms with Gasteiger partial charge in [0.05, 0.1) is 12.0 Å². The van der Waals surface area contributed by atoms with E-state index in [1.807, 2.05) is 0 Å². The SMILES string of the molecule is Oc1cccc2c1CCC(O)(CC(F)(F)F)C2. The van der Waals surface area contributed by atoms with Crippen LogP contribution in [0.25, 0.3) is 0 Å². The van der Waals surface area contributed by atoms with Crippen LogP contribution in [-0.4, -0.2) is 22.0 Å². The number of alkyl halides is 3. The zero-order valence-electron chi connectivity index (χ0n) is 9.09. The van der Waals surface area contributed by atoms with Crippen molar-refractivity contribution in [1.29, 1.82) is 0 Å². The van der Waals surface area contributed by atoms with E-state index in [2.05, 4.69) is 0 Å². The highest BCUT2D eigenvalue weighted by Gasteiger charge is 2.43. The number of hydrogen-bond donors (Lipinski definition) is 2. The van der Waals surface area contributed by atoms with Crippen LogP contribution in [0.15, 0.2) is 18.2 Å². The molecular weight excluding hydrogens is 233 g/mol. The lowest BCUT2D eigenvalue weighted by Gasteiger charge is -2.34. The van der Waals surface area contributed by atoms with E-state index in [1.54, 1.807) is 12.1 Å². The molecule has 1 aromatic carbocycles. The Hall–Kier alpha value is -1.23. The predicted octanol–water partition coefficient (Wildman–Crippen LogP) is 2.56. The van der Waals surface area contributed by atoms with Gasteiger partial charge >= 0.3 is 6.18 Å². The molecule has 0 aliphatic heterocycles. The van der Waals surface area contributed by atoms with Crippen molar-refractivity contribution in [3.8, 4) is 5.75 Å². The maximum atomic E-state index is 12.3. The van der Waals surface area contributed by atoms with Crippen molar-refractivity contribution in [2.75, 3.05) is 0 Å². The average Bonchev–Trinajstić information content (AvgIpc) is 2.13. The summed E-state index contributed by atoms with van der Waals surface area (Å²) in [5.41, 5.74) is -0.485. The maximum absolute atomic E-state index is 12.3. The molecule has 0 fully saturated rings. The minimum atomic E-state index is -4.37. The summed E-state index contributed by atoms with van der Waals surface area (Å²) in [5.74, 6) is 0.0940. The van der Waals surface area contributed by atoms with Crippen molar-refractivity contribution in [1.82, 2.24) is 0 Å². The van der Waals surface area contributed by atoms with Gasteiger partial charge in [0, 0.05) is 6.42 Å². The second-order valence-corrected chi connectivity index (χ2v) is 4.61. The van der Waals surface area contributed by atoms with Crippen LogP contribution in [0.4, 0.5) is 13.2 Å². The van der Waals surface area contributed by atoms with Gasteiger partial charge in [0.1, 0.15) is 5.75 Å². The van der Waals surface area contributed by atoms with Gasteiger partial charge in [-0.15, -0.1) is 0 Å². The molecule has 1 aliphatic rings. The molecule has 2 N–H and O–H groups in total. The Balaban J connectivity index is 2.24. The molecule has 5 heteroatoms. The summed E-state index contributed by atoms with van der Waals surface area (Å²) in [5, 5.41) is 19.5. The van der Waals surface area contributed by atoms with Crippen LogP contribution in [-0.2, 0) is 12.8 Å². The molecule has 0 aromatic heterocycles. The number of benzene rings is 1. The highest BCUT2D eigenvalue weighted by Crippen LogP contribution is 2.39.